The molecule has 21 heavy (non-hydrogen) atoms. The summed E-state index contributed by atoms with van der Waals surface area (Å²) in [6.45, 7) is 0. The molecule has 0 saturated heterocycles. The minimum atomic E-state index is -0.462. The van der Waals surface area contributed by atoms with Gasteiger partial charge in [0, 0.05) is 16.6 Å². The van der Waals surface area contributed by atoms with E-state index < -0.39 is 5.91 Å². The molecule has 1 unspecified atom stereocenters. The number of hydrogen-bond acceptors (Lipinski definition) is 2. The monoisotopic (exact) mass is 320 g/mol. The topological polar surface area (TPSA) is 55.1 Å². The first kappa shape index (κ1) is 14.2. The molecule has 2 aromatic carbocycles. The van der Waals surface area contributed by atoms with E-state index in [2.05, 4.69) is 11.4 Å². The molecule has 108 valence electrons. The third kappa shape index (κ3) is 2.99. The Morgan fingerprint density at radius 2 is 1.86 bits per heavy atom. The van der Waals surface area contributed by atoms with E-state index in [1.165, 1.54) is 11.1 Å². The van der Waals surface area contributed by atoms with E-state index in [0.29, 0.717) is 10.6 Å². The van der Waals surface area contributed by atoms with Gasteiger partial charge in [-0.05, 0) is 54.3 Å². The van der Waals surface area contributed by atoms with Crippen molar-refractivity contribution >= 4 is 34.8 Å². The second-order valence-corrected chi connectivity index (χ2v) is 6.07. The second-order valence-electron chi connectivity index (χ2n) is 5.22. The average Bonchev–Trinajstić information content (AvgIpc) is 2.82. The third-order valence-corrected chi connectivity index (χ3v) is 4.28. The van der Waals surface area contributed by atoms with E-state index >= 15 is 0 Å². The molecule has 3 nitrogen and oxygen atoms in total. The van der Waals surface area contributed by atoms with Gasteiger partial charge < -0.3 is 11.1 Å². The Kier molecular flexibility index (Phi) is 3.79. The smallest absolute Gasteiger partial charge is 0.248 e. The number of halogens is 2. The van der Waals surface area contributed by atoms with Crippen LogP contribution >= 0.6 is 23.2 Å². The van der Waals surface area contributed by atoms with Gasteiger partial charge in [-0.2, -0.15) is 0 Å². The van der Waals surface area contributed by atoms with Crippen molar-refractivity contribution in [3.8, 4) is 0 Å². The first-order chi connectivity index (χ1) is 10.0. The molecule has 0 saturated carbocycles. The molecule has 5 heteroatoms. The largest absolute Gasteiger partial charge is 0.380 e. The minimum Gasteiger partial charge on any atom is -0.380 e. The van der Waals surface area contributed by atoms with E-state index in [4.69, 9.17) is 28.9 Å². The number of nitrogens with one attached hydrogen (secondary N) is 1. The summed E-state index contributed by atoms with van der Waals surface area (Å²) in [6, 6.07) is 11.2. The quantitative estimate of drug-likeness (QED) is 0.906. The van der Waals surface area contributed by atoms with E-state index in [1.807, 2.05) is 12.1 Å². The van der Waals surface area contributed by atoms with E-state index in [-0.39, 0.29) is 6.04 Å². The molecule has 3 rings (SSSR count). The van der Waals surface area contributed by atoms with Crippen molar-refractivity contribution in [2.45, 2.75) is 18.9 Å². The highest BCUT2D eigenvalue weighted by Gasteiger charge is 2.22. The number of anilines is 1. The average molecular weight is 321 g/mol. The summed E-state index contributed by atoms with van der Waals surface area (Å²) in [4.78, 5) is 11.3. The molecular weight excluding hydrogens is 307 g/mol. The fraction of sp³-hybridized carbons (Fsp3) is 0.188. The van der Waals surface area contributed by atoms with Crippen LogP contribution in [0.3, 0.4) is 0 Å². The van der Waals surface area contributed by atoms with Crippen LogP contribution in [-0.2, 0) is 12.8 Å². The van der Waals surface area contributed by atoms with Crippen LogP contribution in [0.2, 0.25) is 10.0 Å². The summed E-state index contributed by atoms with van der Waals surface area (Å²) in [7, 11) is 0. The zero-order chi connectivity index (χ0) is 15.0. The fourth-order valence-corrected chi connectivity index (χ4v) is 3.06. The molecule has 1 amide bonds. The Balaban J connectivity index is 1.80. The van der Waals surface area contributed by atoms with Crippen molar-refractivity contribution in [3.05, 3.63) is 63.1 Å². The highest BCUT2D eigenvalue weighted by Crippen LogP contribution is 2.30. The first-order valence-corrected chi connectivity index (χ1v) is 7.42. The number of hydrogen-bond donors (Lipinski definition) is 2. The van der Waals surface area contributed by atoms with Gasteiger partial charge in [-0.3, -0.25) is 4.79 Å². The van der Waals surface area contributed by atoms with Gasteiger partial charge in [-0.25, -0.2) is 0 Å². The number of primary amides is 1. The first-order valence-electron chi connectivity index (χ1n) is 6.66. The van der Waals surface area contributed by atoms with Gasteiger partial charge in [0.15, 0.2) is 0 Å². The predicted molar refractivity (Wildman–Crippen MR) is 86.2 cm³/mol. The molecule has 3 N–H and O–H groups in total. The second kappa shape index (κ2) is 5.58. The lowest BCUT2D eigenvalue weighted by molar-refractivity contribution is 0.100. The lowest BCUT2D eigenvalue weighted by Crippen LogP contribution is -2.20. The van der Waals surface area contributed by atoms with Gasteiger partial charge in [0.2, 0.25) is 5.91 Å². The van der Waals surface area contributed by atoms with Crippen molar-refractivity contribution in [2.75, 3.05) is 5.32 Å². The fourth-order valence-electron chi connectivity index (χ4n) is 2.70. The molecular formula is C16H14Cl2N2O. The normalized spacial score (nSPS) is 16.6. The van der Waals surface area contributed by atoms with Crippen LogP contribution in [0.1, 0.15) is 21.5 Å². The van der Waals surface area contributed by atoms with Crippen molar-refractivity contribution in [1.29, 1.82) is 0 Å². The maximum Gasteiger partial charge on any atom is 0.248 e. The van der Waals surface area contributed by atoms with Gasteiger partial charge in [0.1, 0.15) is 0 Å². The Bertz CT molecular complexity index is 715. The lowest BCUT2D eigenvalue weighted by Gasteiger charge is -2.15. The highest BCUT2D eigenvalue weighted by molar-refractivity contribution is 6.33. The molecule has 0 bridgehead atoms. The van der Waals surface area contributed by atoms with Crippen LogP contribution in [0.4, 0.5) is 5.69 Å². The van der Waals surface area contributed by atoms with E-state index in [0.717, 1.165) is 23.6 Å². The van der Waals surface area contributed by atoms with Crippen LogP contribution in [0, 0.1) is 0 Å². The number of fused-ring (bicyclic) bond motifs is 1. The predicted octanol–water partition coefficient (Wildman–Crippen LogP) is 3.67. The zero-order valence-corrected chi connectivity index (χ0v) is 12.7. The maximum absolute atomic E-state index is 11.3. The molecule has 0 heterocycles. The number of rotatable bonds is 3. The zero-order valence-electron chi connectivity index (χ0n) is 11.2. The summed E-state index contributed by atoms with van der Waals surface area (Å²) >= 11 is 12.2. The van der Waals surface area contributed by atoms with Gasteiger partial charge >= 0.3 is 0 Å². The standard InChI is InChI=1S/C16H14Cl2N2O/c17-12-3-1-9-6-13(7-11(9)5-12)20-15-8-10(16(19)21)2-4-14(15)18/h1-5,8,13,20H,6-7H2,(H2,19,21). The molecule has 2 aromatic rings. The van der Waals surface area contributed by atoms with Crippen LogP contribution in [0.25, 0.3) is 0 Å². The van der Waals surface area contributed by atoms with Crippen LogP contribution in [0.15, 0.2) is 36.4 Å². The number of benzene rings is 2. The van der Waals surface area contributed by atoms with Crippen molar-refractivity contribution in [2.24, 2.45) is 5.73 Å². The van der Waals surface area contributed by atoms with E-state index in [1.54, 1.807) is 18.2 Å². The Labute approximate surface area is 133 Å². The lowest BCUT2D eigenvalue weighted by atomic mass is 10.1. The summed E-state index contributed by atoms with van der Waals surface area (Å²) in [5, 5.41) is 4.72. The summed E-state index contributed by atoms with van der Waals surface area (Å²) in [5.41, 5.74) is 9.02. The van der Waals surface area contributed by atoms with Gasteiger partial charge in [-0.1, -0.05) is 29.3 Å². The number of carbonyl (C=O) groups is 1. The Morgan fingerprint density at radius 1 is 1.10 bits per heavy atom. The van der Waals surface area contributed by atoms with Crippen molar-refractivity contribution in [1.82, 2.24) is 0 Å². The van der Waals surface area contributed by atoms with Crippen LogP contribution < -0.4 is 11.1 Å². The summed E-state index contributed by atoms with van der Waals surface area (Å²) in [5.74, 6) is -0.462. The molecule has 0 aliphatic heterocycles. The number of nitrogens with two attached hydrogens (primary N) is 1. The molecule has 1 aliphatic carbocycles. The van der Waals surface area contributed by atoms with Crippen LogP contribution in [-0.4, -0.2) is 11.9 Å². The van der Waals surface area contributed by atoms with Gasteiger partial charge in [-0.15, -0.1) is 0 Å². The Morgan fingerprint density at radius 3 is 2.62 bits per heavy atom. The molecule has 1 aliphatic rings. The van der Waals surface area contributed by atoms with Crippen molar-refractivity contribution < 1.29 is 4.79 Å². The van der Waals surface area contributed by atoms with Crippen LogP contribution in [0.5, 0.6) is 0 Å². The Hall–Kier alpha value is -1.71. The van der Waals surface area contributed by atoms with Crippen molar-refractivity contribution in [3.63, 3.8) is 0 Å². The minimum absolute atomic E-state index is 0.235. The van der Waals surface area contributed by atoms with Gasteiger partial charge in [0.05, 0.1) is 10.7 Å². The summed E-state index contributed by atoms with van der Waals surface area (Å²) in [6.07, 6.45) is 1.79. The van der Waals surface area contributed by atoms with E-state index in [9.17, 15) is 4.79 Å². The summed E-state index contributed by atoms with van der Waals surface area (Å²) < 4.78 is 0. The molecule has 1 atom stereocenters. The number of amides is 1. The molecule has 0 spiro atoms. The molecule has 0 fully saturated rings. The maximum atomic E-state index is 11.3. The highest BCUT2D eigenvalue weighted by atomic mass is 35.5. The molecule has 0 aromatic heterocycles. The van der Waals surface area contributed by atoms with Gasteiger partial charge in [0.25, 0.3) is 0 Å². The molecule has 0 radical (unpaired) electrons. The number of carbonyl (C=O) groups excluding carboxylic acids is 1. The SMILES string of the molecule is NC(=O)c1ccc(Cl)c(NC2Cc3ccc(Cl)cc3C2)c1. The third-order valence-electron chi connectivity index (χ3n) is 3.71.